The molecule has 0 unspecified atom stereocenters. The Morgan fingerprint density at radius 2 is 1.52 bits per heavy atom. The smallest absolute Gasteiger partial charge is 0.244 e. The predicted octanol–water partition coefficient (Wildman–Crippen LogP) is 4.17. The summed E-state index contributed by atoms with van der Waals surface area (Å²) in [5.41, 5.74) is 2.01. The van der Waals surface area contributed by atoms with Crippen LogP contribution in [0, 0.1) is 0 Å². The van der Waals surface area contributed by atoms with E-state index in [2.05, 4.69) is 5.32 Å². The summed E-state index contributed by atoms with van der Waals surface area (Å²) in [6.07, 6.45) is 2.00. The van der Waals surface area contributed by atoms with Crippen molar-refractivity contribution in [3.8, 4) is 11.5 Å². The summed E-state index contributed by atoms with van der Waals surface area (Å²) in [6.45, 7) is 4.47. The maximum Gasteiger partial charge on any atom is 0.244 e. The summed E-state index contributed by atoms with van der Waals surface area (Å²) in [7, 11) is -3.87. The minimum Gasteiger partial charge on any atom is -0.486 e. The van der Waals surface area contributed by atoms with Gasteiger partial charge in [-0.1, -0.05) is 74.0 Å². The first-order valence-corrected chi connectivity index (χ1v) is 16.0. The first kappa shape index (κ1) is 30.9. The molecule has 0 radical (unpaired) electrons. The van der Waals surface area contributed by atoms with Gasteiger partial charge in [-0.15, -0.1) is 0 Å². The van der Waals surface area contributed by atoms with Crippen LogP contribution in [-0.4, -0.2) is 63.2 Å². The van der Waals surface area contributed by atoms with Crippen LogP contribution in [0.5, 0.6) is 11.5 Å². The Morgan fingerprint density at radius 3 is 2.17 bits per heavy atom. The second kappa shape index (κ2) is 14.7. The number of amides is 2. The van der Waals surface area contributed by atoms with Gasteiger partial charge in [-0.25, -0.2) is 8.42 Å². The Labute approximate surface area is 248 Å². The van der Waals surface area contributed by atoms with Crippen LogP contribution in [0.15, 0.2) is 78.9 Å². The molecular weight excluding hydrogens is 554 g/mol. The lowest BCUT2D eigenvalue weighted by atomic mass is 10.0. The molecule has 4 rings (SSSR count). The van der Waals surface area contributed by atoms with Crippen molar-refractivity contribution < 1.29 is 27.5 Å². The third-order valence-electron chi connectivity index (χ3n) is 7.09. The Morgan fingerprint density at radius 1 is 0.881 bits per heavy atom. The molecule has 42 heavy (non-hydrogen) atoms. The average molecular weight is 594 g/mol. The molecule has 9 nitrogen and oxygen atoms in total. The van der Waals surface area contributed by atoms with E-state index < -0.39 is 28.5 Å². The van der Waals surface area contributed by atoms with Gasteiger partial charge in [0.1, 0.15) is 25.8 Å². The number of fused-ring (bicyclic) bond motifs is 1. The van der Waals surface area contributed by atoms with Crippen molar-refractivity contribution in [2.75, 3.05) is 36.4 Å². The molecule has 1 aliphatic rings. The standard InChI is InChI=1S/C32H39N3O6S/c1-3-5-18-33-32(37)28(21-25-12-8-6-9-13-25)34(23-26-14-10-7-11-15-26)31(36)24-35(42(38,39)4-2)27-16-17-29-30(22-27)41-20-19-40-29/h6-17,22,28H,3-5,18-21,23-24H2,1-2H3,(H,33,37)/t28-/m0/s1. The number of unbranched alkanes of at least 4 members (excludes halogenated alkanes) is 1. The van der Waals surface area contributed by atoms with Crippen LogP contribution in [0.1, 0.15) is 37.8 Å². The molecule has 224 valence electrons. The van der Waals surface area contributed by atoms with E-state index in [9.17, 15) is 18.0 Å². The molecule has 1 atom stereocenters. The molecule has 0 aliphatic carbocycles. The van der Waals surface area contributed by atoms with Crippen LogP contribution >= 0.6 is 0 Å². The van der Waals surface area contributed by atoms with E-state index in [-0.39, 0.29) is 24.6 Å². The number of hydrogen-bond acceptors (Lipinski definition) is 6. The minimum absolute atomic E-state index is 0.138. The molecule has 0 fully saturated rings. The van der Waals surface area contributed by atoms with E-state index in [4.69, 9.17) is 9.47 Å². The number of carbonyl (C=O) groups excluding carboxylic acids is 2. The fraction of sp³-hybridized carbons (Fsp3) is 0.375. The zero-order valence-corrected chi connectivity index (χ0v) is 25.0. The zero-order chi connectivity index (χ0) is 30.0. The summed E-state index contributed by atoms with van der Waals surface area (Å²) >= 11 is 0. The molecule has 0 aromatic heterocycles. The highest BCUT2D eigenvalue weighted by molar-refractivity contribution is 7.92. The Hall–Kier alpha value is -4.05. The zero-order valence-electron chi connectivity index (χ0n) is 24.2. The third kappa shape index (κ3) is 8.03. The van der Waals surface area contributed by atoms with Crippen LogP contribution in [0.2, 0.25) is 0 Å². The van der Waals surface area contributed by atoms with Gasteiger partial charge >= 0.3 is 0 Å². The molecule has 0 spiro atoms. The first-order valence-electron chi connectivity index (χ1n) is 14.4. The van der Waals surface area contributed by atoms with Crippen molar-refractivity contribution in [2.24, 2.45) is 0 Å². The second-order valence-corrected chi connectivity index (χ2v) is 12.3. The predicted molar refractivity (Wildman–Crippen MR) is 163 cm³/mol. The number of rotatable bonds is 14. The van der Waals surface area contributed by atoms with E-state index in [0.29, 0.717) is 36.9 Å². The van der Waals surface area contributed by atoms with Crippen LogP contribution in [0.3, 0.4) is 0 Å². The minimum atomic E-state index is -3.87. The monoisotopic (exact) mass is 593 g/mol. The highest BCUT2D eigenvalue weighted by Gasteiger charge is 2.34. The van der Waals surface area contributed by atoms with Gasteiger partial charge in [0, 0.05) is 25.6 Å². The molecule has 0 saturated carbocycles. The largest absolute Gasteiger partial charge is 0.486 e. The fourth-order valence-electron chi connectivity index (χ4n) is 4.75. The number of benzene rings is 3. The number of carbonyl (C=O) groups is 2. The molecule has 0 bridgehead atoms. The average Bonchev–Trinajstić information content (AvgIpc) is 3.02. The maximum atomic E-state index is 14.2. The van der Waals surface area contributed by atoms with Crippen LogP contribution in [0.4, 0.5) is 5.69 Å². The van der Waals surface area contributed by atoms with Gasteiger partial charge in [-0.2, -0.15) is 0 Å². The molecule has 1 heterocycles. The number of hydrogen-bond donors (Lipinski definition) is 1. The SMILES string of the molecule is CCCCNC(=O)[C@H](Cc1ccccc1)N(Cc1ccccc1)C(=O)CN(c1ccc2c(c1)OCCO2)S(=O)(=O)CC. The van der Waals surface area contributed by atoms with Crippen LogP contribution in [0.25, 0.3) is 0 Å². The van der Waals surface area contributed by atoms with Gasteiger partial charge in [-0.3, -0.25) is 13.9 Å². The van der Waals surface area contributed by atoms with E-state index in [1.165, 1.54) is 11.8 Å². The van der Waals surface area contributed by atoms with Crippen LogP contribution in [-0.2, 0) is 32.6 Å². The summed E-state index contributed by atoms with van der Waals surface area (Å²) in [5.74, 6) is -0.0418. The van der Waals surface area contributed by atoms with Gasteiger partial charge < -0.3 is 19.7 Å². The number of nitrogens with zero attached hydrogens (tertiary/aromatic N) is 2. The summed E-state index contributed by atoms with van der Waals surface area (Å²) in [4.78, 5) is 29.4. The van der Waals surface area contributed by atoms with Crippen molar-refractivity contribution >= 4 is 27.5 Å². The quantitative estimate of drug-likeness (QED) is 0.282. The lowest BCUT2D eigenvalue weighted by Crippen LogP contribution is -2.53. The number of sulfonamides is 1. The number of ether oxygens (including phenoxy) is 2. The van der Waals surface area contributed by atoms with Crippen LogP contribution < -0.4 is 19.1 Å². The lowest BCUT2D eigenvalue weighted by Gasteiger charge is -2.34. The Kier molecular flexibility index (Phi) is 10.8. The number of anilines is 1. The van der Waals surface area contributed by atoms with Gasteiger partial charge in [0.05, 0.1) is 11.4 Å². The fourth-order valence-corrected chi connectivity index (χ4v) is 5.80. The lowest BCUT2D eigenvalue weighted by molar-refractivity contribution is -0.140. The summed E-state index contributed by atoms with van der Waals surface area (Å²) < 4.78 is 39.1. The molecule has 0 saturated heterocycles. The summed E-state index contributed by atoms with van der Waals surface area (Å²) in [6, 6.07) is 22.9. The van der Waals surface area contributed by atoms with E-state index >= 15 is 0 Å². The molecule has 10 heteroatoms. The van der Waals surface area contributed by atoms with Gasteiger partial charge in [0.15, 0.2) is 11.5 Å². The molecule has 1 N–H and O–H groups in total. The molecule has 3 aromatic carbocycles. The van der Waals surface area contributed by atoms with E-state index in [1.807, 2.05) is 67.6 Å². The third-order valence-corrected chi connectivity index (χ3v) is 8.83. The van der Waals surface area contributed by atoms with Crippen molar-refractivity contribution in [1.29, 1.82) is 0 Å². The van der Waals surface area contributed by atoms with E-state index in [1.54, 1.807) is 18.2 Å². The molecule has 2 amide bonds. The Balaban J connectivity index is 1.71. The highest BCUT2D eigenvalue weighted by atomic mass is 32.2. The molecule has 1 aliphatic heterocycles. The van der Waals surface area contributed by atoms with Gasteiger partial charge in [-0.05, 0) is 36.6 Å². The molecule has 3 aromatic rings. The van der Waals surface area contributed by atoms with Gasteiger partial charge in [0.2, 0.25) is 21.8 Å². The van der Waals surface area contributed by atoms with Crippen molar-refractivity contribution in [3.63, 3.8) is 0 Å². The first-order chi connectivity index (χ1) is 20.3. The Bertz CT molecular complexity index is 1430. The summed E-state index contributed by atoms with van der Waals surface area (Å²) in [5, 5.41) is 2.99. The normalized spacial score (nSPS) is 13.2. The topological polar surface area (TPSA) is 105 Å². The second-order valence-electron chi connectivity index (χ2n) is 10.1. The van der Waals surface area contributed by atoms with Crippen molar-refractivity contribution in [2.45, 2.75) is 45.7 Å². The van der Waals surface area contributed by atoms with Crippen molar-refractivity contribution in [3.05, 3.63) is 90.0 Å². The van der Waals surface area contributed by atoms with Crippen molar-refractivity contribution in [1.82, 2.24) is 10.2 Å². The van der Waals surface area contributed by atoms with Gasteiger partial charge in [0.25, 0.3) is 0 Å². The molecular formula is C32H39N3O6S. The van der Waals surface area contributed by atoms with E-state index in [0.717, 1.165) is 28.3 Å². The maximum absolute atomic E-state index is 14.2. The number of nitrogens with one attached hydrogen (secondary N) is 1. The highest BCUT2D eigenvalue weighted by Crippen LogP contribution is 2.35.